The van der Waals surface area contributed by atoms with Crippen LogP contribution in [0, 0.1) is 12.7 Å². The number of fused-ring (bicyclic) bond motifs is 3. The molecule has 0 saturated carbocycles. The molecule has 0 atom stereocenters. The first-order valence-corrected chi connectivity index (χ1v) is 11.4. The van der Waals surface area contributed by atoms with E-state index in [1.807, 2.05) is 11.5 Å². The summed E-state index contributed by atoms with van der Waals surface area (Å²) in [5.74, 6) is -0.784. The minimum absolute atomic E-state index is 0.0606. The Labute approximate surface area is 204 Å². The van der Waals surface area contributed by atoms with Gasteiger partial charge in [-0.1, -0.05) is 12.1 Å². The van der Waals surface area contributed by atoms with Crippen LogP contribution in [0.5, 0.6) is 0 Å². The van der Waals surface area contributed by atoms with Gasteiger partial charge in [-0.3, -0.25) is 19.0 Å². The molecule has 5 rings (SSSR count). The molecule has 3 aromatic heterocycles. The Morgan fingerprint density at radius 2 is 1.89 bits per heavy atom. The average molecular weight is 495 g/mol. The molecule has 1 fully saturated rings. The summed E-state index contributed by atoms with van der Waals surface area (Å²) in [6.45, 7) is 2.79. The molecule has 4 heterocycles. The van der Waals surface area contributed by atoms with E-state index in [9.17, 15) is 23.2 Å². The summed E-state index contributed by atoms with van der Waals surface area (Å²) in [6.07, 6.45) is 1.52. The fourth-order valence-electron chi connectivity index (χ4n) is 4.49. The van der Waals surface area contributed by atoms with Gasteiger partial charge in [0.25, 0.3) is 11.5 Å². The van der Waals surface area contributed by atoms with Crippen LogP contribution in [-0.4, -0.2) is 54.6 Å². The second-order valence-corrected chi connectivity index (χ2v) is 9.37. The molecule has 0 bridgehead atoms. The number of imidazole rings is 1. The van der Waals surface area contributed by atoms with Gasteiger partial charge in [0.2, 0.25) is 5.91 Å². The molecule has 1 aromatic carbocycles. The van der Waals surface area contributed by atoms with Crippen molar-refractivity contribution in [2.24, 2.45) is 7.05 Å². The van der Waals surface area contributed by atoms with Crippen LogP contribution >= 0.6 is 0 Å². The van der Waals surface area contributed by atoms with E-state index >= 15 is 0 Å². The van der Waals surface area contributed by atoms with Crippen molar-refractivity contribution in [3.8, 4) is 0 Å². The number of hydrogen-bond donors (Lipinski definition) is 1. The smallest absolute Gasteiger partial charge is 0.265 e. The molecule has 0 radical (unpaired) electrons. The molecular weight excluding hydrogens is 470 g/mol. The fraction of sp³-hybridized carbons (Fsp3) is 0.320. The monoisotopic (exact) mass is 494 g/mol. The highest BCUT2D eigenvalue weighted by Gasteiger charge is 2.41. The molecule has 0 spiro atoms. The molecule has 2 amide bonds. The van der Waals surface area contributed by atoms with Gasteiger partial charge in [-0.15, -0.1) is 0 Å². The number of benzene rings is 1. The Kier molecular flexibility index (Phi) is 5.57. The molecule has 0 unspecified atom stereocenters. The second-order valence-electron chi connectivity index (χ2n) is 9.37. The van der Waals surface area contributed by atoms with E-state index in [-0.39, 0.29) is 37.4 Å². The van der Waals surface area contributed by atoms with Gasteiger partial charge >= 0.3 is 0 Å². The number of halogens is 2. The van der Waals surface area contributed by atoms with Crippen molar-refractivity contribution in [2.45, 2.75) is 32.6 Å². The molecule has 1 N–H and O–H groups in total. The lowest BCUT2D eigenvalue weighted by Crippen LogP contribution is -2.60. The summed E-state index contributed by atoms with van der Waals surface area (Å²) in [4.78, 5) is 49.6. The molecule has 1 saturated heterocycles. The summed E-state index contributed by atoms with van der Waals surface area (Å²) < 4.78 is 30.1. The maximum Gasteiger partial charge on any atom is 0.265 e. The number of amides is 2. The minimum Gasteiger partial charge on any atom is -0.348 e. The quantitative estimate of drug-likeness (QED) is 0.459. The number of carbonyl (C=O) groups is 2. The zero-order valence-electron chi connectivity index (χ0n) is 20.0. The van der Waals surface area contributed by atoms with Gasteiger partial charge in [0.1, 0.15) is 40.6 Å². The standard InChI is InChI=1S/C25H24F2N6O3/c1-14-30-19-10-28-22-17(21(19)31(14)3)8-18(23(35)29-9-15-4-6-16(26)7-5-15)24(36)33(22)11-20(34)32-12-25(2,27)13-32/h4-8,10H,9,11-13H2,1-3H3,(H,29,35). The van der Waals surface area contributed by atoms with E-state index in [2.05, 4.69) is 15.3 Å². The van der Waals surface area contributed by atoms with E-state index in [4.69, 9.17) is 0 Å². The predicted molar refractivity (Wildman–Crippen MR) is 129 cm³/mol. The van der Waals surface area contributed by atoms with Gasteiger partial charge in [-0.2, -0.15) is 0 Å². The Morgan fingerprint density at radius 3 is 2.56 bits per heavy atom. The third-order valence-electron chi connectivity index (χ3n) is 6.47. The van der Waals surface area contributed by atoms with Crippen LogP contribution in [0.2, 0.25) is 0 Å². The normalized spacial score (nSPS) is 14.8. The molecule has 0 aliphatic carbocycles. The number of likely N-dealkylation sites (tertiary alicyclic amines) is 1. The second kappa shape index (κ2) is 8.51. The van der Waals surface area contributed by atoms with Gasteiger partial charge < -0.3 is 14.8 Å². The van der Waals surface area contributed by atoms with E-state index < -0.39 is 28.9 Å². The lowest BCUT2D eigenvalue weighted by molar-refractivity contribution is -0.144. The Hall–Kier alpha value is -4.15. The largest absolute Gasteiger partial charge is 0.348 e. The first-order valence-electron chi connectivity index (χ1n) is 11.4. The molecule has 186 valence electrons. The molecule has 11 heteroatoms. The van der Waals surface area contributed by atoms with Crippen molar-refractivity contribution in [2.75, 3.05) is 13.1 Å². The number of pyridine rings is 2. The average Bonchev–Trinajstić information content (AvgIpc) is 3.11. The van der Waals surface area contributed by atoms with Crippen molar-refractivity contribution in [3.63, 3.8) is 0 Å². The molecule has 1 aliphatic heterocycles. The van der Waals surface area contributed by atoms with Gasteiger partial charge in [0.15, 0.2) is 0 Å². The van der Waals surface area contributed by atoms with Crippen molar-refractivity contribution in [1.82, 2.24) is 29.3 Å². The molecule has 36 heavy (non-hydrogen) atoms. The van der Waals surface area contributed by atoms with Crippen LogP contribution in [0.1, 0.15) is 28.7 Å². The first-order chi connectivity index (χ1) is 17.0. The summed E-state index contributed by atoms with van der Waals surface area (Å²) in [5, 5.41) is 3.16. The highest BCUT2D eigenvalue weighted by atomic mass is 19.1. The van der Waals surface area contributed by atoms with Gasteiger partial charge in [-0.25, -0.2) is 18.7 Å². The Morgan fingerprint density at radius 1 is 1.19 bits per heavy atom. The van der Waals surface area contributed by atoms with Crippen LogP contribution in [-0.2, 0) is 24.9 Å². The van der Waals surface area contributed by atoms with Crippen LogP contribution in [0.4, 0.5) is 8.78 Å². The van der Waals surface area contributed by atoms with E-state index in [0.717, 1.165) is 4.57 Å². The van der Waals surface area contributed by atoms with Crippen LogP contribution < -0.4 is 10.9 Å². The number of aromatic nitrogens is 4. The summed E-state index contributed by atoms with van der Waals surface area (Å²) in [7, 11) is 1.81. The van der Waals surface area contributed by atoms with Gasteiger partial charge in [0.05, 0.1) is 24.8 Å². The maximum absolute atomic E-state index is 14.0. The van der Waals surface area contributed by atoms with Crippen molar-refractivity contribution >= 4 is 33.9 Å². The van der Waals surface area contributed by atoms with Crippen LogP contribution in [0.15, 0.2) is 41.3 Å². The highest BCUT2D eigenvalue weighted by Crippen LogP contribution is 2.26. The minimum atomic E-state index is -1.46. The zero-order chi connectivity index (χ0) is 25.8. The Balaban J connectivity index is 1.58. The van der Waals surface area contributed by atoms with Gasteiger partial charge in [-0.05, 0) is 37.6 Å². The SMILES string of the molecule is Cc1nc2cnc3c(cc(C(=O)NCc4ccc(F)cc4)c(=O)n3CC(=O)N3CC(C)(F)C3)c2n1C. The van der Waals surface area contributed by atoms with Gasteiger partial charge in [0, 0.05) is 19.0 Å². The molecule has 9 nitrogen and oxygen atoms in total. The van der Waals surface area contributed by atoms with Crippen LogP contribution in [0.25, 0.3) is 22.1 Å². The summed E-state index contributed by atoms with van der Waals surface area (Å²) >= 11 is 0. The zero-order valence-corrected chi connectivity index (χ0v) is 20.0. The lowest BCUT2D eigenvalue weighted by Gasteiger charge is -2.42. The van der Waals surface area contributed by atoms with E-state index in [0.29, 0.717) is 27.8 Å². The number of hydrogen-bond acceptors (Lipinski definition) is 5. The number of alkyl halides is 1. The highest BCUT2D eigenvalue weighted by molar-refractivity contribution is 6.05. The first kappa shape index (κ1) is 23.6. The number of aryl methyl sites for hydroxylation is 2. The molecular formula is C25H24F2N6O3. The number of carbonyl (C=O) groups excluding carboxylic acids is 2. The van der Waals surface area contributed by atoms with Crippen molar-refractivity contribution in [1.29, 1.82) is 0 Å². The number of nitrogens with one attached hydrogen (secondary N) is 1. The topological polar surface area (TPSA) is 102 Å². The molecule has 4 aromatic rings. The summed E-state index contributed by atoms with van der Waals surface area (Å²) in [5.41, 5.74) is -0.214. The van der Waals surface area contributed by atoms with Crippen molar-refractivity contribution in [3.05, 3.63) is 69.7 Å². The third kappa shape index (κ3) is 4.10. The Bertz CT molecular complexity index is 1580. The van der Waals surface area contributed by atoms with E-state index in [1.54, 1.807) is 7.05 Å². The summed E-state index contributed by atoms with van der Waals surface area (Å²) in [6, 6.07) is 7.08. The fourth-order valence-corrected chi connectivity index (χ4v) is 4.49. The lowest BCUT2D eigenvalue weighted by atomic mass is 9.99. The van der Waals surface area contributed by atoms with Crippen molar-refractivity contribution < 1.29 is 18.4 Å². The van der Waals surface area contributed by atoms with E-state index in [1.165, 1.54) is 48.4 Å². The maximum atomic E-state index is 14.0. The molecule has 1 aliphatic rings. The van der Waals surface area contributed by atoms with Crippen LogP contribution in [0.3, 0.4) is 0 Å². The third-order valence-corrected chi connectivity index (χ3v) is 6.47. The number of rotatable bonds is 5. The predicted octanol–water partition coefficient (Wildman–Crippen LogP) is 2.23. The number of nitrogens with zero attached hydrogens (tertiary/aromatic N) is 5.